The lowest BCUT2D eigenvalue weighted by molar-refractivity contribution is -0.142. The van der Waals surface area contributed by atoms with E-state index in [1.165, 1.54) is 19.0 Å². The number of nitrogens with two attached hydrogens (primary N) is 1. The molecule has 0 spiro atoms. The predicted molar refractivity (Wildman–Crippen MR) is 113 cm³/mol. The molecule has 8 heteroatoms. The Balaban J connectivity index is 1.41. The van der Waals surface area contributed by atoms with Gasteiger partial charge in [0.1, 0.15) is 25.0 Å². The van der Waals surface area contributed by atoms with Gasteiger partial charge in [-0.2, -0.15) is 0 Å². The van der Waals surface area contributed by atoms with Crippen LogP contribution in [0.2, 0.25) is 0 Å². The SMILES string of the molecule is COC(=O)C[C@H]1CC[C@H](c2ccc(N3CCOC4=NC=NC(N)C4C3=O)cc2)CC1. The van der Waals surface area contributed by atoms with E-state index in [4.69, 9.17) is 15.2 Å². The minimum atomic E-state index is -0.678. The zero-order valence-electron chi connectivity index (χ0n) is 17.2. The summed E-state index contributed by atoms with van der Waals surface area (Å²) in [7, 11) is 1.44. The number of benzene rings is 1. The minimum Gasteiger partial charge on any atom is -0.478 e. The Labute approximate surface area is 176 Å². The third-order valence-corrected chi connectivity index (χ3v) is 6.33. The van der Waals surface area contributed by atoms with Crippen LogP contribution in [-0.4, -0.2) is 50.5 Å². The fourth-order valence-electron chi connectivity index (χ4n) is 4.58. The number of carbonyl (C=O) groups excluding carboxylic acids is 2. The lowest BCUT2D eigenvalue weighted by Crippen LogP contribution is -2.47. The van der Waals surface area contributed by atoms with Gasteiger partial charge in [-0.15, -0.1) is 0 Å². The monoisotopic (exact) mass is 412 g/mol. The highest BCUT2D eigenvalue weighted by Crippen LogP contribution is 2.37. The van der Waals surface area contributed by atoms with Crippen molar-refractivity contribution in [3.8, 4) is 0 Å². The second kappa shape index (κ2) is 8.95. The van der Waals surface area contributed by atoms with Crippen molar-refractivity contribution in [2.75, 3.05) is 25.2 Å². The highest BCUT2D eigenvalue weighted by atomic mass is 16.5. The molecule has 2 aliphatic heterocycles. The fraction of sp³-hybridized carbons (Fsp3) is 0.545. The summed E-state index contributed by atoms with van der Waals surface area (Å²) in [6.07, 6.45) is 5.38. The number of anilines is 1. The molecule has 2 N–H and O–H groups in total. The number of esters is 1. The molecule has 2 atom stereocenters. The molecule has 30 heavy (non-hydrogen) atoms. The van der Waals surface area contributed by atoms with Crippen LogP contribution >= 0.6 is 0 Å². The molecule has 0 bridgehead atoms. The largest absolute Gasteiger partial charge is 0.478 e. The van der Waals surface area contributed by atoms with Gasteiger partial charge in [-0.1, -0.05) is 12.1 Å². The zero-order chi connectivity index (χ0) is 21.1. The molecule has 2 heterocycles. The molecule has 2 fully saturated rings. The maximum atomic E-state index is 13.1. The van der Waals surface area contributed by atoms with E-state index in [9.17, 15) is 9.59 Å². The van der Waals surface area contributed by atoms with Crippen molar-refractivity contribution in [1.82, 2.24) is 0 Å². The van der Waals surface area contributed by atoms with Gasteiger partial charge in [0.2, 0.25) is 11.8 Å². The van der Waals surface area contributed by atoms with Crippen LogP contribution in [0.1, 0.15) is 43.6 Å². The quantitative estimate of drug-likeness (QED) is 0.763. The molecular weight excluding hydrogens is 384 g/mol. The van der Waals surface area contributed by atoms with E-state index in [-0.39, 0.29) is 11.9 Å². The number of hydrogen-bond acceptors (Lipinski definition) is 7. The Morgan fingerprint density at radius 3 is 2.67 bits per heavy atom. The van der Waals surface area contributed by atoms with E-state index >= 15 is 0 Å². The maximum Gasteiger partial charge on any atom is 0.305 e. The number of amides is 1. The standard InChI is InChI=1S/C22H28N4O4/c1-29-18(27)12-14-2-4-15(5-3-14)16-6-8-17(9-7-16)26-10-11-30-21-19(22(26)28)20(23)24-13-25-21/h6-9,13-15,19-20H,2-5,10-12,23H2,1H3/t14-,15-,19?,20?. The van der Waals surface area contributed by atoms with Crippen LogP contribution in [0.4, 0.5) is 5.69 Å². The van der Waals surface area contributed by atoms with Crippen molar-refractivity contribution in [1.29, 1.82) is 0 Å². The van der Waals surface area contributed by atoms with Crippen LogP contribution in [0, 0.1) is 11.8 Å². The number of methoxy groups -OCH3 is 1. The smallest absolute Gasteiger partial charge is 0.305 e. The molecule has 8 nitrogen and oxygen atoms in total. The molecular formula is C22H28N4O4. The number of carbonyl (C=O) groups is 2. The second-order valence-electron chi connectivity index (χ2n) is 8.13. The van der Waals surface area contributed by atoms with Crippen LogP contribution in [0.15, 0.2) is 34.3 Å². The molecule has 1 aliphatic carbocycles. The molecule has 3 aliphatic rings. The lowest BCUT2D eigenvalue weighted by atomic mass is 9.77. The number of fused-ring (bicyclic) bond motifs is 1. The van der Waals surface area contributed by atoms with Crippen molar-refractivity contribution < 1.29 is 19.1 Å². The van der Waals surface area contributed by atoms with Crippen molar-refractivity contribution in [3.05, 3.63) is 29.8 Å². The van der Waals surface area contributed by atoms with Gasteiger partial charge in [-0.3, -0.25) is 14.6 Å². The van der Waals surface area contributed by atoms with Crippen LogP contribution in [0.5, 0.6) is 0 Å². The van der Waals surface area contributed by atoms with Gasteiger partial charge >= 0.3 is 5.97 Å². The first kappa shape index (κ1) is 20.5. The second-order valence-corrected chi connectivity index (χ2v) is 8.13. The summed E-state index contributed by atoms with van der Waals surface area (Å²) in [6.45, 7) is 0.812. The first-order valence-corrected chi connectivity index (χ1v) is 10.5. The highest BCUT2D eigenvalue weighted by molar-refractivity contribution is 6.11. The molecule has 0 radical (unpaired) electrons. The topological polar surface area (TPSA) is 107 Å². The molecule has 0 aromatic heterocycles. The van der Waals surface area contributed by atoms with E-state index < -0.39 is 12.1 Å². The molecule has 1 aromatic carbocycles. The third-order valence-electron chi connectivity index (χ3n) is 6.33. The number of aliphatic imine (C=N–C) groups is 2. The predicted octanol–water partition coefficient (Wildman–Crippen LogP) is 2.23. The maximum absolute atomic E-state index is 13.1. The van der Waals surface area contributed by atoms with Gasteiger partial charge in [0.05, 0.1) is 13.7 Å². The summed E-state index contributed by atoms with van der Waals surface area (Å²) in [5.41, 5.74) is 8.13. The van der Waals surface area contributed by atoms with Crippen LogP contribution in [-0.2, 0) is 19.1 Å². The van der Waals surface area contributed by atoms with Gasteiger partial charge in [0.15, 0.2) is 0 Å². The summed E-state index contributed by atoms with van der Waals surface area (Å²) < 4.78 is 10.4. The number of ether oxygens (including phenoxy) is 2. The van der Waals surface area contributed by atoms with E-state index in [1.54, 1.807) is 4.90 Å². The Hall–Kier alpha value is -2.74. The number of nitrogens with zero attached hydrogens (tertiary/aromatic N) is 3. The van der Waals surface area contributed by atoms with Crippen molar-refractivity contribution in [2.45, 2.75) is 44.2 Å². The first-order valence-electron chi connectivity index (χ1n) is 10.5. The Bertz CT molecular complexity index is 843. The summed E-state index contributed by atoms with van der Waals surface area (Å²) in [5.74, 6) is 0.321. The Kier molecular flexibility index (Phi) is 6.13. The van der Waals surface area contributed by atoms with Gasteiger partial charge in [-0.25, -0.2) is 4.99 Å². The number of hydrogen-bond donors (Lipinski definition) is 1. The zero-order valence-corrected chi connectivity index (χ0v) is 17.2. The molecule has 2 unspecified atom stereocenters. The minimum absolute atomic E-state index is 0.120. The Morgan fingerprint density at radius 2 is 1.97 bits per heavy atom. The lowest BCUT2D eigenvalue weighted by Gasteiger charge is -2.29. The molecule has 160 valence electrons. The van der Waals surface area contributed by atoms with Gasteiger partial charge < -0.3 is 20.1 Å². The average molecular weight is 412 g/mol. The van der Waals surface area contributed by atoms with Crippen LogP contribution in [0.3, 0.4) is 0 Å². The summed E-state index contributed by atoms with van der Waals surface area (Å²) in [4.78, 5) is 34.4. The average Bonchev–Trinajstić information content (AvgIpc) is 2.94. The van der Waals surface area contributed by atoms with E-state index in [0.29, 0.717) is 37.3 Å². The molecule has 4 rings (SSSR count). The Morgan fingerprint density at radius 1 is 1.23 bits per heavy atom. The van der Waals surface area contributed by atoms with E-state index in [0.717, 1.165) is 31.4 Å². The summed E-state index contributed by atoms with van der Waals surface area (Å²) >= 11 is 0. The van der Waals surface area contributed by atoms with Crippen LogP contribution in [0.25, 0.3) is 0 Å². The van der Waals surface area contributed by atoms with Crippen LogP contribution < -0.4 is 10.6 Å². The van der Waals surface area contributed by atoms with Crippen molar-refractivity contribution >= 4 is 29.8 Å². The van der Waals surface area contributed by atoms with Gasteiger partial charge in [0, 0.05) is 12.1 Å². The normalized spacial score (nSPS) is 28.8. The van der Waals surface area contributed by atoms with E-state index in [1.807, 2.05) is 12.1 Å². The highest BCUT2D eigenvalue weighted by Gasteiger charge is 2.39. The first-order chi connectivity index (χ1) is 14.6. The third kappa shape index (κ3) is 4.23. The van der Waals surface area contributed by atoms with Gasteiger partial charge in [0.25, 0.3) is 0 Å². The van der Waals surface area contributed by atoms with Crippen molar-refractivity contribution in [3.63, 3.8) is 0 Å². The fourth-order valence-corrected chi connectivity index (χ4v) is 4.58. The molecule has 1 aromatic rings. The molecule has 1 amide bonds. The van der Waals surface area contributed by atoms with Gasteiger partial charge in [-0.05, 0) is 55.2 Å². The van der Waals surface area contributed by atoms with Crippen molar-refractivity contribution in [2.24, 2.45) is 27.6 Å². The summed E-state index contributed by atoms with van der Waals surface area (Å²) in [6, 6.07) is 8.20. The molecule has 1 saturated heterocycles. The summed E-state index contributed by atoms with van der Waals surface area (Å²) in [5, 5.41) is 0. The molecule has 1 saturated carbocycles. The van der Waals surface area contributed by atoms with E-state index in [2.05, 4.69) is 22.1 Å². The number of rotatable bonds is 4.